The van der Waals surface area contributed by atoms with E-state index in [1.165, 1.54) is 0 Å². The summed E-state index contributed by atoms with van der Waals surface area (Å²) in [5, 5.41) is 1.23. The fourth-order valence-electron chi connectivity index (χ4n) is 2.82. The SMILES string of the molecule is CCOC1CC(CC(Cc2cccc(Cl)c2Cl)NN)C1. The van der Waals surface area contributed by atoms with E-state index in [2.05, 4.69) is 5.43 Å². The van der Waals surface area contributed by atoms with E-state index in [1.807, 2.05) is 19.1 Å². The molecule has 0 aliphatic heterocycles. The van der Waals surface area contributed by atoms with E-state index >= 15 is 0 Å². The largest absolute Gasteiger partial charge is 0.378 e. The van der Waals surface area contributed by atoms with Gasteiger partial charge >= 0.3 is 0 Å². The summed E-state index contributed by atoms with van der Waals surface area (Å²) in [6.45, 7) is 2.84. The third kappa shape index (κ3) is 4.09. The molecule has 0 heterocycles. The third-order valence-electron chi connectivity index (χ3n) is 3.95. The molecular weight excluding hydrogens is 295 g/mol. The molecule has 1 fully saturated rings. The van der Waals surface area contributed by atoms with E-state index in [9.17, 15) is 0 Å². The van der Waals surface area contributed by atoms with Crippen LogP contribution in [0.1, 0.15) is 31.7 Å². The lowest BCUT2D eigenvalue weighted by molar-refractivity contribution is -0.0290. The van der Waals surface area contributed by atoms with Crippen molar-refractivity contribution in [1.82, 2.24) is 5.43 Å². The van der Waals surface area contributed by atoms with Crippen molar-refractivity contribution >= 4 is 23.2 Å². The van der Waals surface area contributed by atoms with Crippen molar-refractivity contribution in [2.75, 3.05) is 6.61 Å². The van der Waals surface area contributed by atoms with Crippen LogP contribution >= 0.6 is 23.2 Å². The molecule has 1 unspecified atom stereocenters. The highest BCUT2D eigenvalue weighted by molar-refractivity contribution is 6.42. The van der Waals surface area contributed by atoms with Crippen molar-refractivity contribution in [3.05, 3.63) is 33.8 Å². The van der Waals surface area contributed by atoms with Gasteiger partial charge < -0.3 is 4.74 Å². The van der Waals surface area contributed by atoms with E-state index in [-0.39, 0.29) is 6.04 Å². The molecule has 0 amide bonds. The maximum atomic E-state index is 6.22. The number of halogens is 2. The number of hydrogen-bond acceptors (Lipinski definition) is 3. The average molecular weight is 317 g/mol. The monoisotopic (exact) mass is 316 g/mol. The molecule has 1 saturated carbocycles. The van der Waals surface area contributed by atoms with Gasteiger partial charge in [-0.2, -0.15) is 0 Å². The van der Waals surface area contributed by atoms with Gasteiger partial charge in [-0.25, -0.2) is 0 Å². The normalized spacial score (nSPS) is 23.4. The molecule has 3 N–H and O–H groups in total. The first-order valence-corrected chi connectivity index (χ1v) is 7.90. The second-order valence-corrected chi connectivity index (χ2v) is 6.22. The average Bonchev–Trinajstić information content (AvgIpc) is 2.40. The molecule has 112 valence electrons. The summed E-state index contributed by atoms with van der Waals surface area (Å²) in [6.07, 6.45) is 4.55. The van der Waals surface area contributed by atoms with Crippen LogP contribution in [0.2, 0.25) is 10.0 Å². The van der Waals surface area contributed by atoms with E-state index in [4.69, 9.17) is 33.8 Å². The van der Waals surface area contributed by atoms with E-state index in [0.29, 0.717) is 22.1 Å². The summed E-state index contributed by atoms with van der Waals surface area (Å²) in [7, 11) is 0. The molecule has 2 rings (SSSR count). The minimum Gasteiger partial charge on any atom is -0.378 e. The smallest absolute Gasteiger partial charge is 0.0624 e. The molecular formula is C15H22Cl2N2O. The van der Waals surface area contributed by atoms with Crippen molar-refractivity contribution in [3.8, 4) is 0 Å². The molecule has 0 aromatic heterocycles. The summed E-state index contributed by atoms with van der Waals surface area (Å²) in [5.41, 5.74) is 3.94. The number of rotatable bonds is 7. The fraction of sp³-hybridized carbons (Fsp3) is 0.600. The van der Waals surface area contributed by atoms with E-state index < -0.39 is 0 Å². The Hall–Kier alpha value is -0.320. The van der Waals surface area contributed by atoms with Gasteiger partial charge in [0.1, 0.15) is 0 Å². The summed E-state index contributed by atoms with van der Waals surface area (Å²) < 4.78 is 5.59. The second kappa shape index (κ2) is 7.62. The molecule has 1 aliphatic rings. The van der Waals surface area contributed by atoms with Crippen molar-refractivity contribution < 1.29 is 4.74 Å². The molecule has 5 heteroatoms. The molecule has 0 saturated heterocycles. The van der Waals surface area contributed by atoms with Crippen molar-refractivity contribution in [2.24, 2.45) is 11.8 Å². The quantitative estimate of drug-likeness (QED) is 0.597. The highest BCUT2D eigenvalue weighted by atomic mass is 35.5. The van der Waals surface area contributed by atoms with E-state index in [0.717, 1.165) is 37.9 Å². The number of ether oxygens (including phenoxy) is 1. The molecule has 1 aliphatic carbocycles. The van der Waals surface area contributed by atoms with Crippen LogP contribution in [0, 0.1) is 5.92 Å². The van der Waals surface area contributed by atoms with Gasteiger partial charge in [-0.1, -0.05) is 35.3 Å². The zero-order chi connectivity index (χ0) is 14.5. The predicted octanol–water partition coefficient (Wildman–Crippen LogP) is 3.57. The van der Waals surface area contributed by atoms with Crippen molar-refractivity contribution in [3.63, 3.8) is 0 Å². The van der Waals surface area contributed by atoms with Crippen LogP contribution in [-0.4, -0.2) is 18.8 Å². The molecule has 1 aromatic rings. The number of hydrogen-bond donors (Lipinski definition) is 2. The lowest BCUT2D eigenvalue weighted by Gasteiger charge is -2.37. The maximum absolute atomic E-state index is 6.22. The molecule has 1 atom stereocenters. The van der Waals surface area contributed by atoms with Crippen LogP contribution in [0.15, 0.2) is 18.2 Å². The minimum atomic E-state index is 0.221. The lowest BCUT2D eigenvalue weighted by atomic mass is 9.77. The Balaban J connectivity index is 1.85. The number of nitrogens with one attached hydrogen (secondary N) is 1. The first kappa shape index (κ1) is 16.1. The standard InChI is InChI=1S/C15H22Cl2N2O/c1-2-20-13-7-10(8-13)6-12(19-18)9-11-4-3-5-14(16)15(11)17/h3-5,10,12-13,19H,2,6-9,18H2,1H3. The van der Waals surface area contributed by atoms with Crippen LogP contribution in [0.5, 0.6) is 0 Å². The Morgan fingerprint density at radius 3 is 2.80 bits per heavy atom. The van der Waals surface area contributed by atoms with Gasteiger partial charge in [-0.05, 0) is 50.2 Å². The first-order chi connectivity index (χ1) is 9.63. The topological polar surface area (TPSA) is 47.3 Å². The molecule has 0 spiro atoms. The van der Waals surface area contributed by atoms with Crippen LogP contribution in [0.3, 0.4) is 0 Å². The highest BCUT2D eigenvalue weighted by Gasteiger charge is 2.31. The Kier molecular flexibility index (Phi) is 6.12. The Bertz CT molecular complexity index is 436. The van der Waals surface area contributed by atoms with Crippen LogP contribution in [0.4, 0.5) is 0 Å². The fourth-order valence-corrected chi connectivity index (χ4v) is 3.22. The Morgan fingerprint density at radius 1 is 1.40 bits per heavy atom. The molecule has 3 nitrogen and oxygen atoms in total. The second-order valence-electron chi connectivity index (χ2n) is 5.43. The van der Waals surface area contributed by atoms with Gasteiger partial charge in [0.2, 0.25) is 0 Å². The van der Waals surface area contributed by atoms with Crippen LogP contribution < -0.4 is 11.3 Å². The summed E-state index contributed by atoms with van der Waals surface area (Å²) in [5.74, 6) is 6.36. The van der Waals surface area contributed by atoms with Gasteiger partial charge in [0.15, 0.2) is 0 Å². The summed E-state index contributed by atoms with van der Waals surface area (Å²) in [6, 6.07) is 5.95. The van der Waals surface area contributed by atoms with Crippen molar-refractivity contribution in [1.29, 1.82) is 0 Å². The minimum absolute atomic E-state index is 0.221. The zero-order valence-electron chi connectivity index (χ0n) is 11.7. The maximum Gasteiger partial charge on any atom is 0.0624 e. The molecule has 20 heavy (non-hydrogen) atoms. The van der Waals surface area contributed by atoms with E-state index in [1.54, 1.807) is 6.07 Å². The number of benzene rings is 1. The van der Waals surface area contributed by atoms with Crippen LogP contribution in [-0.2, 0) is 11.2 Å². The van der Waals surface area contributed by atoms with Crippen molar-refractivity contribution in [2.45, 2.75) is 44.8 Å². The summed E-state index contributed by atoms with van der Waals surface area (Å²) in [4.78, 5) is 0. The van der Waals surface area contributed by atoms with Gasteiger partial charge in [0.25, 0.3) is 0 Å². The third-order valence-corrected chi connectivity index (χ3v) is 4.80. The summed E-state index contributed by atoms with van der Waals surface area (Å²) >= 11 is 12.3. The Morgan fingerprint density at radius 2 is 2.15 bits per heavy atom. The van der Waals surface area contributed by atoms with Gasteiger partial charge in [0.05, 0.1) is 16.1 Å². The van der Waals surface area contributed by atoms with Crippen LogP contribution in [0.25, 0.3) is 0 Å². The van der Waals surface area contributed by atoms with Gasteiger partial charge in [0, 0.05) is 12.6 Å². The molecule has 0 bridgehead atoms. The number of nitrogens with two attached hydrogens (primary N) is 1. The predicted molar refractivity (Wildman–Crippen MR) is 84.0 cm³/mol. The number of hydrazine groups is 1. The first-order valence-electron chi connectivity index (χ1n) is 7.14. The highest BCUT2D eigenvalue weighted by Crippen LogP contribution is 2.34. The Labute approximate surface area is 130 Å². The van der Waals surface area contributed by atoms with Gasteiger partial charge in [-0.15, -0.1) is 0 Å². The zero-order valence-corrected chi connectivity index (χ0v) is 13.3. The molecule has 1 aromatic carbocycles. The molecule has 0 radical (unpaired) electrons. The lowest BCUT2D eigenvalue weighted by Crippen LogP contribution is -2.42. The van der Waals surface area contributed by atoms with Gasteiger partial charge in [-0.3, -0.25) is 11.3 Å².